The van der Waals surface area contributed by atoms with E-state index in [2.05, 4.69) is 0 Å². The number of aromatic carboxylic acids is 1. The van der Waals surface area contributed by atoms with Crippen LogP contribution >= 0.6 is 0 Å². The second-order valence-electron chi connectivity index (χ2n) is 5.92. The summed E-state index contributed by atoms with van der Waals surface area (Å²) < 4.78 is 5.89. The van der Waals surface area contributed by atoms with Gasteiger partial charge in [0.2, 0.25) is 0 Å². The molecule has 4 nitrogen and oxygen atoms in total. The Balaban J connectivity index is 2.00. The minimum absolute atomic E-state index is 0.00328. The molecule has 0 aliphatic carbocycles. The van der Waals surface area contributed by atoms with Crippen LogP contribution in [0, 0.1) is 0 Å². The molecule has 0 saturated heterocycles. The second kappa shape index (κ2) is 8.12. The molecule has 3 aromatic carbocycles. The number of hydrogen-bond donors (Lipinski definition) is 1. The van der Waals surface area contributed by atoms with Crippen molar-refractivity contribution in [1.29, 1.82) is 0 Å². The van der Waals surface area contributed by atoms with Crippen LogP contribution in [0.4, 0.5) is 0 Å². The summed E-state index contributed by atoms with van der Waals surface area (Å²) in [5.74, 6) is -0.818. The molecule has 0 atom stereocenters. The van der Waals surface area contributed by atoms with E-state index in [1.807, 2.05) is 60.7 Å². The molecule has 1 N–H and O–H groups in total. The Hall–Kier alpha value is -3.40. The number of carbonyl (C=O) groups excluding carboxylic acids is 1. The van der Waals surface area contributed by atoms with Crippen molar-refractivity contribution in [3.05, 3.63) is 101 Å². The Morgan fingerprint density at radius 1 is 0.923 bits per heavy atom. The SMILES string of the molecule is O=Cc1cc(Cc2ccccc2)c(OCc2ccccc2)c(C(=O)O)c1. The van der Waals surface area contributed by atoms with E-state index in [1.54, 1.807) is 6.07 Å². The van der Waals surface area contributed by atoms with Gasteiger partial charge in [-0.15, -0.1) is 0 Å². The number of rotatable bonds is 7. The average molecular weight is 346 g/mol. The second-order valence-corrected chi connectivity index (χ2v) is 5.92. The van der Waals surface area contributed by atoms with Crippen molar-refractivity contribution in [3.63, 3.8) is 0 Å². The van der Waals surface area contributed by atoms with Crippen LogP contribution < -0.4 is 4.74 Å². The number of carboxylic acids is 1. The summed E-state index contributed by atoms with van der Waals surface area (Å²) in [6.07, 6.45) is 1.13. The van der Waals surface area contributed by atoms with Gasteiger partial charge in [0.1, 0.15) is 24.2 Å². The highest BCUT2D eigenvalue weighted by atomic mass is 16.5. The first kappa shape index (κ1) is 17.4. The van der Waals surface area contributed by atoms with Crippen molar-refractivity contribution in [2.45, 2.75) is 13.0 Å². The lowest BCUT2D eigenvalue weighted by molar-refractivity contribution is 0.0691. The average Bonchev–Trinajstić information content (AvgIpc) is 2.68. The Morgan fingerprint density at radius 2 is 1.54 bits per heavy atom. The summed E-state index contributed by atoms with van der Waals surface area (Å²) in [5, 5.41) is 9.58. The fraction of sp³-hybridized carbons (Fsp3) is 0.0909. The minimum Gasteiger partial charge on any atom is -0.488 e. The zero-order valence-electron chi connectivity index (χ0n) is 14.1. The van der Waals surface area contributed by atoms with Crippen molar-refractivity contribution < 1.29 is 19.4 Å². The molecular weight excluding hydrogens is 328 g/mol. The Morgan fingerprint density at radius 3 is 2.12 bits per heavy atom. The Kier molecular flexibility index (Phi) is 5.44. The van der Waals surface area contributed by atoms with Crippen LogP contribution in [0.5, 0.6) is 5.75 Å². The fourth-order valence-corrected chi connectivity index (χ4v) is 2.79. The number of ether oxygens (including phenoxy) is 1. The maximum Gasteiger partial charge on any atom is 0.339 e. The van der Waals surface area contributed by atoms with Crippen LogP contribution in [0.3, 0.4) is 0 Å². The normalized spacial score (nSPS) is 10.3. The number of hydrogen-bond acceptors (Lipinski definition) is 3. The van der Waals surface area contributed by atoms with E-state index >= 15 is 0 Å². The molecule has 0 aliphatic rings. The third-order valence-electron chi connectivity index (χ3n) is 4.02. The van der Waals surface area contributed by atoms with E-state index in [0.29, 0.717) is 29.6 Å². The first-order valence-corrected chi connectivity index (χ1v) is 8.23. The van der Waals surface area contributed by atoms with Crippen LogP contribution in [-0.2, 0) is 13.0 Å². The van der Waals surface area contributed by atoms with E-state index in [1.165, 1.54) is 6.07 Å². The molecule has 130 valence electrons. The van der Waals surface area contributed by atoms with Crippen molar-refractivity contribution in [2.75, 3.05) is 0 Å². The quantitative estimate of drug-likeness (QED) is 0.645. The van der Waals surface area contributed by atoms with E-state index in [-0.39, 0.29) is 12.2 Å². The molecule has 0 amide bonds. The van der Waals surface area contributed by atoms with Gasteiger partial charge in [0, 0.05) is 17.5 Å². The zero-order valence-corrected chi connectivity index (χ0v) is 14.1. The fourth-order valence-electron chi connectivity index (χ4n) is 2.79. The van der Waals surface area contributed by atoms with E-state index in [0.717, 1.165) is 11.1 Å². The molecule has 0 saturated carbocycles. The van der Waals surface area contributed by atoms with Crippen LogP contribution in [-0.4, -0.2) is 17.4 Å². The van der Waals surface area contributed by atoms with Gasteiger partial charge in [0.05, 0.1) is 0 Å². The highest BCUT2D eigenvalue weighted by Crippen LogP contribution is 2.29. The molecule has 0 spiro atoms. The van der Waals surface area contributed by atoms with Gasteiger partial charge >= 0.3 is 5.97 Å². The summed E-state index contributed by atoms with van der Waals surface area (Å²) in [4.78, 5) is 23.0. The maximum absolute atomic E-state index is 11.7. The molecule has 26 heavy (non-hydrogen) atoms. The molecule has 4 heteroatoms. The van der Waals surface area contributed by atoms with Crippen molar-refractivity contribution in [3.8, 4) is 5.75 Å². The highest BCUT2D eigenvalue weighted by molar-refractivity contribution is 5.94. The van der Waals surface area contributed by atoms with Gasteiger partial charge in [0.25, 0.3) is 0 Å². The highest BCUT2D eigenvalue weighted by Gasteiger charge is 2.18. The van der Waals surface area contributed by atoms with Crippen LogP contribution in [0.25, 0.3) is 0 Å². The van der Waals surface area contributed by atoms with Crippen molar-refractivity contribution in [2.24, 2.45) is 0 Å². The van der Waals surface area contributed by atoms with Gasteiger partial charge in [0.15, 0.2) is 0 Å². The lowest BCUT2D eigenvalue weighted by atomic mass is 9.98. The number of aldehydes is 1. The van der Waals surface area contributed by atoms with Gasteiger partial charge in [-0.25, -0.2) is 4.79 Å². The lowest BCUT2D eigenvalue weighted by Crippen LogP contribution is -2.08. The number of benzene rings is 3. The maximum atomic E-state index is 11.7. The lowest BCUT2D eigenvalue weighted by Gasteiger charge is -2.15. The molecule has 0 bridgehead atoms. The zero-order chi connectivity index (χ0) is 18.4. The first-order chi connectivity index (χ1) is 12.7. The van der Waals surface area contributed by atoms with Gasteiger partial charge in [-0.05, 0) is 23.3 Å². The number of carboxylic acid groups (broad SMARTS) is 1. The number of carbonyl (C=O) groups is 2. The van der Waals surface area contributed by atoms with Gasteiger partial charge in [-0.2, -0.15) is 0 Å². The summed E-state index contributed by atoms with van der Waals surface area (Å²) in [5.41, 5.74) is 2.94. The van der Waals surface area contributed by atoms with E-state index in [4.69, 9.17) is 4.74 Å². The van der Waals surface area contributed by atoms with Gasteiger partial charge in [-0.1, -0.05) is 60.7 Å². The first-order valence-electron chi connectivity index (χ1n) is 8.23. The standard InChI is InChI=1S/C22H18O4/c23-14-18-12-19(11-16-7-3-1-4-8-16)21(20(13-18)22(24)25)26-15-17-9-5-2-6-10-17/h1-10,12-14H,11,15H2,(H,24,25). The summed E-state index contributed by atoms with van der Waals surface area (Å²) in [6.45, 7) is 0.253. The molecule has 0 unspecified atom stereocenters. The van der Waals surface area contributed by atoms with Crippen LogP contribution in [0.2, 0.25) is 0 Å². The molecule has 0 heterocycles. The van der Waals surface area contributed by atoms with Gasteiger partial charge < -0.3 is 9.84 Å². The third-order valence-corrected chi connectivity index (χ3v) is 4.02. The minimum atomic E-state index is -1.12. The van der Waals surface area contributed by atoms with E-state index < -0.39 is 5.97 Å². The smallest absolute Gasteiger partial charge is 0.339 e. The molecule has 3 aromatic rings. The van der Waals surface area contributed by atoms with E-state index in [9.17, 15) is 14.7 Å². The molecular formula is C22H18O4. The molecule has 3 rings (SSSR count). The summed E-state index contributed by atoms with van der Waals surface area (Å²) in [6, 6.07) is 22.2. The van der Waals surface area contributed by atoms with Crippen LogP contribution in [0.1, 0.15) is 37.4 Å². The molecule has 0 fully saturated rings. The third kappa shape index (κ3) is 4.16. The topological polar surface area (TPSA) is 63.6 Å². The Bertz CT molecular complexity index is 902. The summed E-state index contributed by atoms with van der Waals surface area (Å²) in [7, 11) is 0. The molecule has 0 aliphatic heterocycles. The predicted molar refractivity (Wildman–Crippen MR) is 98.8 cm³/mol. The molecule has 0 radical (unpaired) electrons. The van der Waals surface area contributed by atoms with Crippen molar-refractivity contribution in [1.82, 2.24) is 0 Å². The van der Waals surface area contributed by atoms with Crippen molar-refractivity contribution >= 4 is 12.3 Å². The Labute approximate surface area is 151 Å². The monoisotopic (exact) mass is 346 g/mol. The van der Waals surface area contributed by atoms with Crippen LogP contribution in [0.15, 0.2) is 72.8 Å². The summed E-state index contributed by atoms with van der Waals surface area (Å²) >= 11 is 0. The molecule has 0 aromatic heterocycles. The predicted octanol–water partition coefficient (Wildman–Crippen LogP) is 4.37. The van der Waals surface area contributed by atoms with Gasteiger partial charge in [-0.3, -0.25) is 4.79 Å². The largest absolute Gasteiger partial charge is 0.488 e.